The molecule has 98 valence electrons. The molecule has 0 spiro atoms. The van der Waals surface area contributed by atoms with Gasteiger partial charge in [0.05, 0.1) is 11.7 Å². The number of nitrogens with one attached hydrogen (secondary N) is 2. The summed E-state index contributed by atoms with van der Waals surface area (Å²) >= 11 is 0. The summed E-state index contributed by atoms with van der Waals surface area (Å²) in [4.78, 5) is 13.0. The summed E-state index contributed by atoms with van der Waals surface area (Å²) in [6.45, 7) is 3.08. The molecule has 0 radical (unpaired) electrons. The van der Waals surface area contributed by atoms with Gasteiger partial charge in [-0.1, -0.05) is 6.07 Å². The number of aromatic nitrogens is 3. The zero-order valence-corrected chi connectivity index (χ0v) is 10.9. The van der Waals surface area contributed by atoms with Gasteiger partial charge in [-0.2, -0.15) is 0 Å². The lowest BCUT2D eigenvalue weighted by atomic mass is 10.1. The van der Waals surface area contributed by atoms with Crippen molar-refractivity contribution in [1.82, 2.24) is 15.0 Å². The Balaban J connectivity index is 1.84. The molecule has 0 aromatic carbocycles. The minimum atomic E-state index is 0.127. The summed E-state index contributed by atoms with van der Waals surface area (Å²) < 4.78 is 0. The highest BCUT2D eigenvalue weighted by atomic mass is 15.1. The van der Waals surface area contributed by atoms with Crippen molar-refractivity contribution in [2.24, 2.45) is 0 Å². The van der Waals surface area contributed by atoms with Crippen molar-refractivity contribution < 1.29 is 0 Å². The van der Waals surface area contributed by atoms with Crippen LogP contribution in [0.5, 0.6) is 0 Å². The Morgan fingerprint density at radius 2 is 2.21 bits per heavy atom. The molecule has 0 unspecified atom stereocenters. The van der Waals surface area contributed by atoms with Gasteiger partial charge in [0.2, 0.25) is 0 Å². The summed E-state index contributed by atoms with van der Waals surface area (Å²) in [6.07, 6.45) is 5.54. The maximum absolute atomic E-state index is 4.37. The van der Waals surface area contributed by atoms with Crippen molar-refractivity contribution in [3.8, 4) is 0 Å². The molecule has 2 aromatic heterocycles. The average molecular weight is 255 g/mol. The molecular formula is C14H17N5. The molecule has 1 aliphatic rings. The number of nitrogens with zero attached hydrogens (tertiary/aromatic N) is 3. The molecule has 0 saturated carbocycles. The molecule has 5 heteroatoms. The second kappa shape index (κ2) is 5.22. The summed E-state index contributed by atoms with van der Waals surface area (Å²) in [5.74, 6) is 1.87. The topological polar surface area (TPSA) is 62.7 Å². The standard InChI is InChI=1S/C14H17N5/c1-10(12-6-2-3-7-15-12)19-14-11-5-4-8-16-13(11)17-9-18-14/h2-3,6-7,9-10H,4-5,8H2,1H3,(H2,16,17,18,19)/t10-/m0/s1. The van der Waals surface area contributed by atoms with Crippen molar-refractivity contribution in [3.63, 3.8) is 0 Å². The van der Waals surface area contributed by atoms with E-state index in [1.807, 2.05) is 24.4 Å². The first-order chi connectivity index (χ1) is 9.34. The first kappa shape index (κ1) is 11.9. The summed E-state index contributed by atoms with van der Waals surface area (Å²) in [6, 6.07) is 6.07. The van der Waals surface area contributed by atoms with Crippen LogP contribution < -0.4 is 10.6 Å². The van der Waals surface area contributed by atoms with Crippen LogP contribution in [0.4, 0.5) is 11.6 Å². The summed E-state index contributed by atoms with van der Waals surface area (Å²) in [7, 11) is 0. The second-order valence-corrected chi connectivity index (χ2v) is 4.70. The van der Waals surface area contributed by atoms with E-state index in [9.17, 15) is 0 Å². The summed E-state index contributed by atoms with van der Waals surface area (Å²) in [5, 5.41) is 6.74. The Bertz CT molecular complexity index is 555. The van der Waals surface area contributed by atoms with Gasteiger partial charge in [0.25, 0.3) is 0 Å². The predicted octanol–water partition coefficient (Wildman–Crippen LogP) is 2.40. The monoisotopic (exact) mass is 255 g/mol. The lowest BCUT2D eigenvalue weighted by Gasteiger charge is -2.21. The van der Waals surface area contributed by atoms with E-state index in [1.54, 1.807) is 6.33 Å². The fourth-order valence-electron chi connectivity index (χ4n) is 2.31. The van der Waals surface area contributed by atoms with Gasteiger partial charge in [-0.3, -0.25) is 4.98 Å². The van der Waals surface area contributed by atoms with Crippen molar-refractivity contribution in [2.75, 3.05) is 17.2 Å². The maximum Gasteiger partial charge on any atom is 0.135 e. The molecule has 0 saturated heterocycles. The van der Waals surface area contributed by atoms with Crippen LogP contribution in [0.25, 0.3) is 0 Å². The van der Waals surface area contributed by atoms with Crippen LogP contribution in [-0.4, -0.2) is 21.5 Å². The van der Waals surface area contributed by atoms with Crippen LogP contribution in [0.15, 0.2) is 30.7 Å². The largest absolute Gasteiger partial charge is 0.370 e. The fraction of sp³-hybridized carbons (Fsp3) is 0.357. The Labute approximate surface area is 112 Å². The second-order valence-electron chi connectivity index (χ2n) is 4.70. The lowest BCUT2D eigenvalue weighted by molar-refractivity contribution is 0.787. The van der Waals surface area contributed by atoms with E-state index in [0.29, 0.717) is 0 Å². The summed E-state index contributed by atoms with van der Waals surface area (Å²) in [5.41, 5.74) is 2.19. The SMILES string of the molecule is C[C@H](Nc1ncnc2c1CCCN2)c1ccccn1. The molecule has 2 aromatic rings. The molecule has 19 heavy (non-hydrogen) atoms. The van der Waals surface area contributed by atoms with E-state index >= 15 is 0 Å². The van der Waals surface area contributed by atoms with E-state index < -0.39 is 0 Å². The molecule has 0 fully saturated rings. The van der Waals surface area contributed by atoms with Crippen LogP contribution in [-0.2, 0) is 6.42 Å². The number of hydrogen-bond donors (Lipinski definition) is 2. The number of rotatable bonds is 3. The molecule has 3 rings (SSSR count). The van der Waals surface area contributed by atoms with E-state index in [2.05, 4.69) is 32.5 Å². The van der Waals surface area contributed by atoms with Crippen LogP contribution in [0.3, 0.4) is 0 Å². The Kier molecular flexibility index (Phi) is 3.27. The number of pyridine rings is 1. The van der Waals surface area contributed by atoms with E-state index in [4.69, 9.17) is 0 Å². The fourth-order valence-corrected chi connectivity index (χ4v) is 2.31. The maximum atomic E-state index is 4.37. The smallest absolute Gasteiger partial charge is 0.135 e. The highest BCUT2D eigenvalue weighted by molar-refractivity contribution is 5.59. The van der Waals surface area contributed by atoms with E-state index in [1.165, 1.54) is 5.56 Å². The Morgan fingerprint density at radius 3 is 3.05 bits per heavy atom. The molecule has 1 atom stereocenters. The van der Waals surface area contributed by atoms with Crippen molar-refractivity contribution in [3.05, 3.63) is 42.0 Å². The van der Waals surface area contributed by atoms with Crippen LogP contribution in [0.2, 0.25) is 0 Å². The Hall–Kier alpha value is -2.17. The molecular weight excluding hydrogens is 238 g/mol. The van der Waals surface area contributed by atoms with Gasteiger partial charge in [-0.05, 0) is 31.9 Å². The highest BCUT2D eigenvalue weighted by Gasteiger charge is 2.16. The van der Waals surface area contributed by atoms with Crippen LogP contribution in [0.1, 0.15) is 30.6 Å². The molecule has 1 aliphatic heterocycles. The van der Waals surface area contributed by atoms with Crippen molar-refractivity contribution >= 4 is 11.6 Å². The van der Waals surface area contributed by atoms with Crippen molar-refractivity contribution in [2.45, 2.75) is 25.8 Å². The third kappa shape index (κ3) is 2.50. The molecule has 3 heterocycles. The molecule has 0 aliphatic carbocycles. The van der Waals surface area contributed by atoms with Gasteiger partial charge in [-0.15, -0.1) is 0 Å². The number of hydrogen-bond acceptors (Lipinski definition) is 5. The van der Waals surface area contributed by atoms with Crippen LogP contribution >= 0.6 is 0 Å². The molecule has 0 amide bonds. The minimum absolute atomic E-state index is 0.127. The predicted molar refractivity (Wildman–Crippen MR) is 75.1 cm³/mol. The lowest BCUT2D eigenvalue weighted by Crippen LogP contribution is -2.18. The van der Waals surface area contributed by atoms with Crippen molar-refractivity contribution in [1.29, 1.82) is 0 Å². The Morgan fingerprint density at radius 1 is 1.26 bits per heavy atom. The van der Waals surface area contributed by atoms with Gasteiger partial charge < -0.3 is 10.6 Å². The first-order valence-corrected chi connectivity index (χ1v) is 6.60. The van der Waals surface area contributed by atoms with Gasteiger partial charge >= 0.3 is 0 Å². The van der Waals surface area contributed by atoms with Crippen LogP contribution in [0, 0.1) is 0 Å². The van der Waals surface area contributed by atoms with E-state index in [0.717, 1.165) is 36.7 Å². The van der Waals surface area contributed by atoms with Gasteiger partial charge in [0.15, 0.2) is 0 Å². The third-order valence-electron chi connectivity index (χ3n) is 3.33. The molecule has 0 bridgehead atoms. The highest BCUT2D eigenvalue weighted by Crippen LogP contribution is 2.27. The van der Waals surface area contributed by atoms with E-state index in [-0.39, 0.29) is 6.04 Å². The first-order valence-electron chi connectivity index (χ1n) is 6.60. The van der Waals surface area contributed by atoms with Gasteiger partial charge in [0, 0.05) is 18.3 Å². The third-order valence-corrected chi connectivity index (χ3v) is 3.33. The molecule has 2 N–H and O–H groups in total. The van der Waals surface area contributed by atoms with Gasteiger partial charge in [-0.25, -0.2) is 9.97 Å². The molecule has 5 nitrogen and oxygen atoms in total. The quantitative estimate of drug-likeness (QED) is 0.881. The van der Waals surface area contributed by atoms with Gasteiger partial charge in [0.1, 0.15) is 18.0 Å². The zero-order chi connectivity index (χ0) is 13.1. The number of anilines is 2. The zero-order valence-electron chi connectivity index (χ0n) is 10.9. The average Bonchev–Trinajstić information content (AvgIpc) is 2.48. The number of fused-ring (bicyclic) bond motifs is 1. The normalized spacial score (nSPS) is 15.2. The minimum Gasteiger partial charge on any atom is -0.370 e.